The number of aliphatic hydroxyl groups excluding tert-OH is 2. The fraction of sp³-hybridized carbons (Fsp3) is 0.455. The van der Waals surface area contributed by atoms with E-state index in [1.807, 2.05) is 0 Å². The first-order valence-electron chi connectivity index (χ1n) is 5.66. The minimum absolute atomic E-state index is 0.292. The molecule has 0 saturated carbocycles. The highest BCUT2D eigenvalue weighted by molar-refractivity contribution is 5.56. The fourth-order valence-electron chi connectivity index (χ4n) is 1.52. The Morgan fingerprint density at radius 1 is 1.10 bits per heavy atom. The Kier molecular flexibility index (Phi) is 3.85. The Balaban J connectivity index is 2.27. The monoisotopic (exact) mass is 315 g/mol. The van der Waals surface area contributed by atoms with Gasteiger partial charge in [-0.15, -0.1) is 0 Å². The second kappa shape index (κ2) is 5.19. The molecule has 21 heavy (non-hydrogen) atoms. The third-order valence-corrected chi connectivity index (χ3v) is 2.59. The minimum atomic E-state index is -4.92. The number of aliphatic hydroxyl groups is 2. The molecule has 0 fully saturated rings. The summed E-state index contributed by atoms with van der Waals surface area (Å²) in [6, 6.07) is 1.14. The van der Waals surface area contributed by atoms with E-state index in [-0.39, 0.29) is 12.2 Å². The molecule has 118 valence electrons. The summed E-state index contributed by atoms with van der Waals surface area (Å²) in [4.78, 5) is 0. The first kappa shape index (κ1) is 15.6. The Morgan fingerprint density at radius 3 is 2.14 bits per heavy atom. The van der Waals surface area contributed by atoms with E-state index in [1.54, 1.807) is 0 Å². The van der Waals surface area contributed by atoms with Crippen molar-refractivity contribution in [2.75, 3.05) is 18.5 Å². The van der Waals surface area contributed by atoms with Crippen LogP contribution in [-0.2, 0) is 0 Å². The molecule has 1 unspecified atom stereocenters. The summed E-state index contributed by atoms with van der Waals surface area (Å²) in [5.41, 5.74) is -0.383. The van der Waals surface area contributed by atoms with E-state index in [1.165, 1.54) is 0 Å². The highest BCUT2D eigenvalue weighted by Gasteiger charge is 2.66. The molecule has 1 aromatic rings. The van der Waals surface area contributed by atoms with Gasteiger partial charge in [0.25, 0.3) is 0 Å². The van der Waals surface area contributed by atoms with Crippen LogP contribution in [0.3, 0.4) is 0 Å². The summed E-state index contributed by atoms with van der Waals surface area (Å²) in [5, 5.41) is 20.0. The van der Waals surface area contributed by atoms with E-state index in [0.717, 1.165) is 0 Å². The summed E-state index contributed by atoms with van der Waals surface area (Å²) in [6.45, 7) is -0.900. The predicted molar refractivity (Wildman–Crippen MR) is 59.1 cm³/mol. The van der Waals surface area contributed by atoms with Crippen molar-refractivity contribution in [2.45, 2.75) is 18.3 Å². The van der Waals surface area contributed by atoms with Crippen molar-refractivity contribution in [2.24, 2.45) is 0 Å². The largest absolute Gasteiger partial charge is 0.507 e. The van der Waals surface area contributed by atoms with E-state index in [4.69, 9.17) is 10.2 Å². The molecule has 5 nitrogen and oxygen atoms in total. The molecule has 1 aliphatic heterocycles. The molecule has 0 aliphatic carbocycles. The van der Waals surface area contributed by atoms with Gasteiger partial charge in [0.2, 0.25) is 0 Å². The molecule has 0 bridgehead atoms. The van der Waals surface area contributed by atoms with Gasteiger partial charge in [0.1, 0.15) is 5.82 Å². The zero-order valence-corrected chi connectivity index (χ0v) is 10.2. The molecule has 0 spiro atoms. The molecule has 1 heterocycles. The second-order valence-corrected chi connectivity index (χ2v) is 4.23. The lowest BCUT2D eigenvalue weighted by Gasteiger charge is -2.32. The van der Waals surface area contributed by atoms with Gasteiger partial charge < -0.3 is 25.0 Å². The topological polar surface area (TPSA) is 71.0 Å². The number of fused-ring (bicyclic) bond motifs is 1. The van der Waals surface area contributed by atoms with Gasteiger partial charge in [0.05, 0.1) is 18.4 Å². The average molecular weight is 315 g/mol. The first-order valence-corrected chi connectivity index (χ1v) is 5.66. The van der Waals surface area contributed by atoms with Crippen LogP contribution in [0.5, 0.6) is 11.5 Å². The number of rotatable bonds is 4. The number of nitrogens with one attached hydrogen (secondary N) is 1. The van der Waals surface area contributed by atoms with Crippen molar-refractivity contribution in [1.29, 1.82) is 0 Å². The molecule has 0 aromatic heterocycles. The zero-order chi connectivity index (χ0) is 15.8. The van der Waals surface area contributed by atoms with Gasteiger partial charge in [-0.25, -0.2) is 4.39 Å². The van der Waals surface area contributed by atoms with Crippen LogP contribution >= 0.6 is 0 Å². The summed E-state index contributed by atoms with van der Waals surface area (Å²) in [6.07, 6.45) is -11.0. The lowest BCUT2D eigenvalue weighted by molar-refractivity contribution is -0.391. The summed E-state index contributed by atoms with van der Waals surface area (Å²) < 4.78 is 72.9. The van der Waals surface area contributed by atoms with Gasteiger partial charge in [-0.2, -0.15) is 17.6 Å². The van der Waals surface area contributed by atoms with Gasteiger partial charge in [-0.05, 0) is 0 Å². The molecule has 10 heteroatoms. The molecule has 0 radical (unpaired) electrons. The predicted octanol–water partition coefficient (Wildman–Crippen LogP) is 1.55. The maximum atomic E-state index is 13.6. The standard InChI is InChI=1S/C11H10F5NO4/c12-6-1-8-9(2-7(6)17-3-5(19)4-18)21-11(15,16)10(13,14)20-8/h1-2,5,17-19H,3-4H2. The number of anilines is 1. The summed E-state index contributed by atoms with van der Waals surface area (Å²) in [5.74, 6) is -2.74. The summed E-state index contributed by atoms with van der Waals surface area (Å²) >= 11 is 0. The maximum absolute atomic E-state index is 13.6. The SMILES string of the molecule is OCC(O)CNc1cc2c(cc1F)OC(F)(F)C(F)(F)O2. The molecular weight excluding hydrogens is 305 g/mol. The third kappa shape index (κ3) is 2.95. The van der Waals surface area contributed by atoms with Crippen molar-refractivity contribution in [1.82, 2.24) is 0 Å². The lowest BCUT2D eigenvalue weighted by atomic mass is 10.2. The summed E-state index contributed by atoms with van der Waals surface area (Å²) in [7, 11) is 0. The average Bonchev–Trinajstić information content (AvgIpc) is 2.37. The highest BCUT2D eigenvalue weighted by atomic mass is 19.3. The number of hydrogen-bond acceptors (Lipinski definition) is 5. The molecule has 0 amide bonds. The maximum Gasteiger partial charge on any atom is 0.507 e. The molecule has 3 N–H and O–H groups in total. The molecule has 1 aromatic carbocycles. The second-order valence-electron chi connectivity index (χ2n) is 4.23. The lowest BCUT2D eigenvalue weighted by Crippen LogP contribution is -2.52. The van der Waals surface area contributed by atoms with E-state index in [9.17, 15) is 22.0 Å². The number of hydrogen-bond donors (Lipinski definition) is 3. The number of benzene rings is 1. The van der Waals surface area contributed by atoms with Crippen molar-refractivity contribution in [3.8, 4) is 11.5 Å². The first-order chi connectivity index (χ1) is 9.66. The van der Waals surface area contributed by atoms with Crippen LogP contribution in [0.1, 0.15) is 0 Å². The van der Waals surface area contributed by atoms with E-state index in [2.05, 4.69) is 14.8 Å². The Labute approximate surface area is 114 Å². The fourth-order valence-corrected chi connectivity index (χ4v) is 1.52. The number of alkyl halides is 4. The number of halogens is 5. The quantitative estimate of drug-likeness (QED) is 0.736. The van der Waals surface area contributed by atoms with Crippen LogP contribution in [-0.4, -0.2) is 41.7 Å². The Morgan fingerprint density at radius 2 is 1.62 bits per heavy atom. The van der Waals surface area contributed by atoms with Crippen molar-refractivity contribution < 1.29 is 41.6 Å². The highest BCUT2D eigenvalue weighted by Crippen LogP contribution is 2.48. The van der Waals surface area contributed by atoms with E-state index < -0.39 is 42.2 Å². The van der Waals surface area contributed by atoms with Gasteiger partial charge in [-0.1, -0.05) is 0 Å². The molecule has 1 atom stereocenters. The third-order valence-electron chi connectivity index (χ3n) is 2.59. The van der Waals surface area contributed by atoms with Gasteiger partial charge in [0.15, 0.2) is 11.5 Å². The molecule has 2 rings (SSSR count). The Bertz CT molecular complexity index is 540. The van der Waals surface area contributed by atoms with Crippen LogP contribution in [0.4, 0.5) is 27.6 Å². The normalized spacial score (nSPS) is 20.0. The van der Waals surface area contributed by atoms with Gasteiger partial charge >= 0.3 is 12.2 Å². The van der Waals surface area contributed by atoms with Crippen molar-refractivity contribution >= 4 is 5.69 Å². The minimum Gasteiger partial charge on any atom is -0.421 e. The Hall–Kier alpha value is -1.81. The van der Waals surface area contributed by atoms with Gasteiger partial charge in [-0.3, -0.25) is 0 Å². The van der Waals surface area contributed by atoms with E-state index in [0.29, 0.717) is 12.1 Å². The number of ether oxygens (including phenoxy) is 2. The molecule has 1 aliphatic rings. The van der Waals surface area contributed by atoms with Crippen molar-refractivity contribution in [3.05, 3.63) is 17.9 Å². The van der Waals surface area contributed by atoms with E-state index >= 15 is 0 Å². The van der Waals surface area contributed by atoms with Crippen LogP contribution in [0, 0.1) is 5.82 Å². The van der Waals surface area contributed by atoms with Crippen LogP contribution in [0.25, 0.3) is 0 Å². The van der Waals surface area contributed by atoms with Crippen LogP contribution < -0.4 is 14.8 Å². The zero-order valence-electron chi connectivity index (χ0n) is 10.2. The van der Waals surface area contributed by atoms with Crippen LogP contribution in [0.2, 0.25) is 0 Å². The van der Waals surface area contributed by atoms with Gasteiger partial charge in [0, 0.05) is 18.7 Å². The molecule has 0 saturated heterocycles. The molecular formula is C11H10F5NO4. The van der Waals surface area contributed by atoms with Crippen molar-refractivity contribution in [3.63, 3.8) is 0 Å². The van der Waals surface area contributed by atoms with Crippen LogP contribution in [0.15, 0.2) is 12.1 Å². The smallest absolute Gasteiger partial charge is 0.421 e.